The smallest absolute Gasteiger partial charge is 0.269 e. The number of nitrogens with one attached hydrogen (secondary N) is 1. The van der Waals surface area contributed by atoms with Gasteiger partial charge < -0.3 is 14.5 Å². The van der Waals surface area contributed by atoms with E-state index in [2.05, 4.69) is 26.2 Å². The zero-order chi connectivity index (χ0) is 21.1. The second-order valence-electron chi connectivity index (χ2n) is 6.27. The zero-order valence-electron chi connectivity index (χ0n) is 15.4. The Hall–Kier alpha value is -3.72. The van der Waals surface area contributed by atoms with Gasteiger partial charge in [-0.1, -0.05) is 12.1 Å². The molecule has 1 heterocycles. The van der Waals surface area contributed by atoms with Crippen LogP contribution in [0.2, 0.25) is 0 Å². The van der Waals surface area contributed by atoms with E-state index in [4.69, 9.17) is 9.15 Å². The molecule has 9 heteroatoms. The van der Waals surface area contributed by atoms with E-state index < -0.39 is 4.92 Å². The maximum atomic E-state index is 12.2. The van der Waals surface area contributed by atoms with Crippen molar-refractivity contribution in [1.29, 1.82) is 0 Å². The molecule has 0 aliphatic carbocycles. The van der Waals surface area contributed by atoms with E-state index in [1.165, 1.54) is 24.3 Å². The molecule has 0 radical (unpaired) electrons. The fraction of sp³-hybridized carbons (Fsp3) is 0.0476. The minimum Gasteiger partial charge on any atom is -0.484 e. The van der Waals surface area contributed by atoms with Crippen LogP contribution in [0, 0.1) is 10.1 Å². The van der Waals surface area contributed by atoms with Crippen molar-refractivity contribution in [3.8, 4) is 17.2 Å². The molecule has 30 heavy (non-hydrogen) atoms. The topological polar surface area (TPSA) is 108 Å². The van der Waals surface area contributed by atoms with Crippen LogP contribution >= 0.6 is 15.9 Å². The van der Waals surface area contributed by atoms with E-state index in [-0.39, 0.29) is 18.2 Å². The van der Waals surface area contributed by atoms with Gasteiger partial charge in [-0.25, -0.2) is 4.98 Å². The molecule has 0 atom stereocenters. The van der Waals surface area contributed by atoms with E-state index in [1.54, 1.807) is 18.2 Å². The Morgan fingerprint density at radius 2 is 1.90 bits per heavy atom. The van der Waals surface area contributed by atoms with Gasteiger partial charge in [0.2, 0.25) is 5.89 Å². The van der Waals surface area contributed by atoms with E-state index in [0.29, 0.717) is 28.4 Å². The highest BCUT2D eigenvalue weighted by molar-refractivity contribution is 9.10. The van der Waals surface area contributed by atoms with Crippen LogP contribution in [-0.2, 0) is 4.79 Å². The van der Waals surface area contributed by atoms with Crippen molar-refractivity contribution in [2.75, 3.05) is 11.9 Å². The highest BCUT2D eigenvalue weighted by Crippen LogP contribution is 2.30. The number of nitrogens with zero attached hydrogens (tertiary/aromatic N) is 2. The lowest BCUT2D eigenvalue weighted by molar-refractivity contribution is -0.384. The van der Waals surface area contributed by atoms with Crippen molar-refractivity contribution in [2.45, 2.75) is 0 Å². The number of ether oxygens (including phenoxy) is 1. The van der Waals surface area contributed by atoms with Gasteiger partial charge in [0.1, 0.15) is 11.3 Å². The Morgan fingerprint density at radius 1 is 1.13 bits per heavy atom. The van der Waals surface area contributed by atoms with Gasteiger partial charge in [0, 0.05) is 22.3 Å². The van der Waals surface area contributed by atoms with Gasteiger partial charge >= 0.3 is 0 Å². The lowest BCUT2D eigenvalue weighted by atomic mass is 10.2. The molecule has 0 bridgehead atoms. The Kier molecular flexibility index (Phi) is 5.44. The number of rotatable bonds is 6. The van der Waals surface area contributed by atoms with Gasteiger partial charge in [-0.15, -0.1) is 0 Å². The third kappa shape index (κ3) is 4.31. The van der Waals surface area contributed by atoms with E-state index in [1.807, 2.05) is 24.3 Å². The van der Waals surface area contributed by atoms with Crippen LogP contribution in [0.5, 0.6) is 5.75 Å². The Balaban J connectivity index is 1.42. The number of aromatic nitrogens is 1. The van der Waals surface area contributed by atoms with Crippen LogP contribution in [0.25, 0.3) is 22.6 Å². The number of hydrogen-bond acceptors (Lipinski definition) is 6. The highest BCUT2D eigenvalue weighted by atomic mass is 79.9. The fourth-order valence-electron chi connectivity index (χ4n) is 2.77. The molecule has 0 saturated carbocycles. The molecule has 1 N–H and O–H groups in total. The van der Waals surface area contributed by atoms with Crippen LogP contribution in [0.15, 0.2) is 75.6 Å². The summed E-state index contributed by atoms with van der Waals surface area (Å²) in [5.41, 5.74) is 2.54. The van der Waals surface area contributed by atoms with Crippen molar-refractivity contribution in [3.63, 3.8) is 0 Å². The lowest BCUT2D eigenvalue weighted by Gasteiger charge is -2.07. The molecular weight excluding hydrogens is 454 g/mol. The van der Waals surface area contributed by atoms with E-state index in [0.717, 1.165) is 10.0 Å². The van der Waals surface area contributed by atoms with Crippen LogP contribution in [0.1, 0.15) is 0 Å². The summed E-state index contributed by atoms with van der Waals surface area (Å²) < 4.78 is 12.0. The number of halogens is 1. The molecule has 0 fully saturated rings. The molecule has 0 aliphatic heterocycles. The first-order chi connectivity index (χ1) is 14.5. The van der Waals surface area contributed by atoms with Gasteiger partial charge in [-0.3, -0.25) is 14.9 Å². The summed E-state index contributed by atoms with van der Waals surface area (Å²) in [5.74, 6) is 0.463. The average molecular weight is 468 g/mol. The van der Waals surface area contributed by atoms with Gasteiger partial charge in [0.15, 0.2) is 12.2 Å². The number of fused-ring (bicyclic) bond motifs is 1. The number of amides is 1. The average Bonchev–Trinajstić information content (AvgIpc) is 3.16. The number of nitro groups is 1. The van der Waals surface area contributed by atoms with Crippen molar-refractivity contribution < 1.29 is 18.9 Å². The number of oxazole rings is 1. The third-order valence-electron chi connectivity index (χ3n) is 4.19. The van der Waals surface area contributed by atoms with Crippen LogP contribution < -0.4 is 10.1 Å². The first-order valence-corrected chi connectivity index (χ1v) is 9.61. The summed E-state index contributed by atoms with van der Waals surface area (Å²) in [5, 5.41) is 13.4. The molecule has 3 aromatic carbocycles. The van der Waals surface area contributed by atoms with Crippen LogP contribution in [0.4, 0.5) is 11.4 Å². The minimum atomic E-state index is -0.502. The molecule has 0 unspecified atom stereocenters. The Morgan fingerprint density at radius 3 is 2.63 bits per heavy atom. The summed E-state index contributed by atoms with van der Waals surface area (Å²) in [6.07, 6.45) is 0. The SMILES string of the molecule is O=C(COc1ccc([N+](=O)[O-])cc1)Nc1ccc2oc(-c3ccccc3Br)nc2c1. The summed E-state index contributed by atoms with van der Waals surface area (Å²) >= 11 is 3.48. The number of anilines is 1. The quantitative estimate of drug-likeness (QED) is 0.309. The highest BCUT2D eigenvalue weighted by Gasteiger charge is 2.12. The number of hydrogen-bond donors (Lipinski definition) is 1. The maximum Gasteiger partial charge on any atom is 0.269 e. The van der Waals surface area contributed by atoms with E-state index in [9.17, 15) is 14.9 Å². The molecule has 4 aromatic rings. The summed E-state index contributed by atoms with van der Waals surface area (Å²) in [4.78, 5) is 26.8. The van der Waals surface area contributed by atoms with Crippen LogP contribution in [0.3, 0.4) is 0 Å². The molecule has 0 saturated heterocycles. The van der Waals surface area contributed by atoms with Gasteiger partial charge in [-0.2, -0.15) is 0 Å². The van der Waals surface area contributed by atoms with Crippen molar-refractivity contribution in [2.24, 2.45) is 0 Å². The second kappa shape index (κ2) is 8.34. The lowest BCUT2D eigenvalue weighted by Crippen LogP contribution is -2.20. The monoisotopic (exact) mass is 467 g/mol. The molecule has 8 nitrogen and oxygen atoms in total. The number of non-ortho nitro benzene ring substituents is 1. The molecule has 0 aliphatic rings. The maximum absolute atomic E-state index is 12.2. The molecule has 150 valence electrons. The van der Waals surface area contributed by atoms with Crippen molar-refractivity contribution in [3.05, 3.63) is 81.3 Å². The molecule has 0 spiro atoms. The predicted molar refractivity (Wildman–Crippen MR) is 114 cm³/mol. The van der Waals surface area contributed by atoms with Crippen molar-refractivity contribution in [1.82, 2.24) is 4.98 Å². The number of nitro benzene ring substituents is 1. The van der Waals surface area contributed by atoms with Gasteiger partial charge in [0.25, 0.3) is 11.6 Å². The molecule has 4 rings (SSSR count). The summed E-state index contributed by atoms with van der Waals surface area (Å²) in [6.45, 7) is -0.239. The Labute approximate surface area is 178 Å². The first kappa shape index (κ1) is 19.6. The Bertz CT molecular complexity index is 1240. The summed E-state index contributed by atoms with van der Waals surface area (Å²) in [6, 6.07) is 18.3. The molecule has 1 aromatic heterocycles. The zero-order valence-corrected chi connectivity index (χ0v) is 17.0. The third-order valence-corrected chi connectivity index (χ3v) is 4.88. The summed E-state index contributed by atoms with van der Waals surface area (Å²) in [7, 11) is 0. The largest absolute Gasteiger partial charge is 0.484 e. The number of benzene rings is 3. The number of carbonyl (C=O) groups excluding carboxylic acids is 1. The first-order valence-electron chi connectivity index (χ1n) is 8.82. The standard InChI is InChI=1S/C21H14BrN3O5/c22-17-4-2-1-3-16(17)21-24-18-11-13(5-10-19(18)30-21)23-20(26)12-29-15-8-6-14(7-9-15)25(27)28/h1-11H,12H2,(H,23,26). The van der Waals surface area contributed by atoms with Gasteiger partial charge in [-0.05, 0) is 58.4 Å². The van der Waals surface area contributed by atoms with E-state index >= 15 is 0 Å². The second-order valence-corrected chi connectivity index (χ2v) is 7.12. The predicted octanol–water partition coefficient (Wildman–Crippen LogP) is 5.18. The molecule has 1 amide bonds. The minimum absolute atomic E-state index is 0.0467. The van der Waals surface area contributed by atoms with Gasteiger partial charge in [0.05, 0.1) is 10.5 Å². The fourth-order valence-corrected chi connectivity index (χ4v) is 3.22. The van der Waals surface area contributed by atoms with Crippen molar-refractivity contribution >= 4 is 44.3 Å². The number of carbonyl (C=O) groups is 1. The molecular formula is C21H14BrN3O5. The van der Waals surface area contributed by atoms with Crippen LogP contribution in [-0.4, -0.2) is 22.4 Å². The normalized spacial score (nSPS) is 10.7.